The van der Waals surface area contributed by atoms with Crippen LogP contribution in [-0.4, -0.2) is 21.9 Å². The summed E-state index contributed by atoms with van der Waals surface area (Å²) in [5.41, 5.74) is 1.95. The van der Waals surface area contributed by atoms with E-state index in [-0.39, 0.29) is 15.7 Å². The number of hydrazone groups is 1. The summed E-state index contributed by atoms with van der Waals surface area (Å²) >= 11 is 2.87. The minimum Gasteiger partial charge on any atom is -0.464 e. The number of amides is 1. The smallest absolute Gasteiger partial charge is 0.425 e. The number of nitrogens with zero attached hydrogens (tertiary/aromatic N) is 2. The van der Waals surface area contributed by atoms with Crippen molar-refractivity contribution in [2.45, 2.75) is 0 Å². The van der Waals surface area contributed by atoms with Crippen LogP contribution in [0.1, 0.15) is 11.1 Å². The third kappa shape index (κ3) is 3.60. The molecular weight excluding hydrogens is 348 g/mol. The number of benzene rings is 1. The van der Waals surface area contributed by atoms with E-state index in [0.717, 1.165) is 12.1 Å². The van der Waals surface area contributed by atoms with Crippen LogP contribution in [0.4, 0.5) is 13.6 Å². The van der Waals surface area contributed by atoms with Crippen LogP contribution < -0.4 is 5.43 Å². The van der Waals surface area contributed by atoms with Gasteiger partial charge >= 0.3 is 6.09 Å². The number of hydrogen-bond donors (Lipinski definition) is 2. The Balaban J connectivity index is 2.58. The molecule has 8 heteroatoms. The Morgan fingerprint density at radius 2 is 1.90 bits per heavy atom. The molecule has 108 valence electrons. The highest BCUT2D eigenvalue weighted by Crippen LogP contribution is 2.22. The lowest BCUT2D eigenvalue weighted by Gasteiger charge is -2.09. The van der Waals surface area contributed by atoms with Gasteiger partial charge in [0, 0.05) is 23.5 Å². The molecule has 2 aromatic rings. The first-order chi connectivity index (χ1) is 9.99. The lowest BCUT2D eigenvalue weighted by atomic mass is 10.0. The van der Waals surface area contributed by atoms with E-state index < -0.39 is 17.7 Å². The molecule has 0 saturated carbocycles. The minimum atomic E-state index is -1.42. The SMILES string of the molecule is O=C(O)NN=C(c1ccncc1)c1cc(F)c(Br)cc1F. The third-order valence-electron chi connectivity index (χ3n) is 2.48. The zero-order valence-electron chi connectivity index (χ0n) is 10.3. The molecule has 0 spiro atoms. The Kier molecular flexibility index (Phi) is 4.59. The summed E-state index contributed by atoms with van der Waals surface area (Å²) in [6.45, 7) is 0. The molecule has 0 aliphatic carbocycles. The third-order valence-corrected chi connectivity index (χ3v) is 3.09. The molecule has 0 aliphatic heterocycles. The maximum absolute atomic E-state index is 14.0. The second-order valence-electron chi connectivity index (χ2n) is 3.86. The van der Waals surface area contributed by atoms with Gasteiger partial charge in [0.25, 0.3) is 0 Å². The highest BCUT2D eigenvalue weighted by molar-refractivity contribution is 9.10. The van der Waals surface area contributed by atoms with E-state index in [1.165, 1.54) is 24.5 Å². The predicted molar refractivity (Wildman–Crippen MR) is 75.1 cm³/mol. The number of rotatable bonds is 3. The summed E-state index contributed by atoms with van der Waals surface area (Å²) in [6.07, 6.45) is 1.44. The number of hydrogen-bond acceptors (Lipinski definition) is 3. The van der Waals surface area contributed by atoms with Crippen molar-refractivity contribution in [3.05, 3.63) is 63.9 Å². The van der Waals surface area contributed by atoms with Crippen molar-refractivity contribution in [3.63, 3.8) is 0 Å². The van der Waals surface area contributed by atoms with E-state index in [4.69, 9.17) is 5.11 Å². The second kappa shape index (κ2) is 6.40. The Morgan fingerprint density at radius 3 is 2.52 bits per heavy atom. The number of carboxylic acid groups (broad SMARTS) is 1. The average Bonchev–Trinajstić information content (AvgIpc) is 2.45. The summed E-state index contributed by atoms with van der Waals surface area (Å²) in [6, 6.07) is 4.88. The van der Waals surface area contributed by atoms with E-state index in [0.29, 0.717) is 5.56 Å². The number of aromatic nitrogens is 1. The van der Waals surface area contributed by atoms with Gasteiger partial charge in [0.2, 0.25) is 0 Å². The van der Waals surface area contributed by atoms with Gasteiger partial charge in [-0.3, -0.25) is 4.98 Å². The maximum atomic E-state index is 14.0. The van der Waals surface area contributed by atoms with Crippen molar-refractivity contribution in [2.75, 3.05) is 0 Å². The van der Waals surface area contributed by atoms with Crippen LogP contribution in [0.3, 0.4) is 0 Å². The number of nitrogens with one attached hydrogen (secondary N) is 1. The van der Waals surface area contributed by atoms with Crippen LogP contribution in [0.2, 0.25) is 0 Å². The van der Waals surface area contributed by atoms with E-state index in [1.54, 1.807) is 5.43 Å². The minimum absolute atomic E-state index is 0.0379. The summed E-state index contributed by atoms with van der Waals surface area (Å²) < 4.78 is 27.6. The van der Waals surface area contributed by atoms with Crippen molar-refractivity contribution in [1.82, 2.24) is 10.4 Å². The lowest BCUT2D eigenvalue weighted by Crippen LogP contribution is -2.19. The van der Waals surface area contributed by atoms with Gasteiger partial charge in [-0.15, -0.1) is 0 Å². The van der Waals surface area contributed by atoms with Crippen molar-refractivity contribution >= 4 is 27.7 Å². The lowest BCUT2D eigenvalue weighted by molar-refractivity contribution is 0.195. The monoisotopic (exact) mass is 355 g/mol. The van der Waals surface area contributed by atoms with E-state index in [1.807, 2.05) is 0 Å². The van der Waals surface area contributed by atoms with Crippen LogP contribution >= 0.6 is 15.9 Å². The van der Waals surface area contributed by atoms with Crippen molar-refractivity contribution < 1.29 is 18.7 Å². The fourth-order valence-corrected chi connectivity index (χ4v) is 1.91. The zero-order chi connectivity index (χ0) is 15.4. The molecule has 2 N–H and O–H groups in total. The Labute approximate surface area is 126 Å². The maximum Gasteiger partial charge on any atom is 0.425 e. The van der Waals surface area contributed by atoms with Crippen molar-refractivity contribution in [2.24, 2.45) is 5.10 Å². The average molecular weight is 356 g/mol. The van der Waals surface area contributed by atoms with Gasteiger partial charge < -0.3 is 5.11 Å². The first kappa shape index (κ1) is 15.0. The Morgan fingerprint density at radius 1 is 1.24 bits per heavy atom. The molecule has 0 bridgehead atoms. The normalized spacial score (nSPS) is 11.3. The molecule has 0 atom stereocenters. The fourth-order valence-electron chi connectivity index (χ4n) is 1.60. The zero-order valence-corrected chi connectivity index (χ0v) is 11.9. The van der Waals surface area contributed by atoms with E-state index >= 15 is 0 Å². The molecule has 0 aliphatic rings. The number of carbonyl (C=O) groups is 1. The number of pyridine rings is 1. The van der Waals surface area contributed by atoms with Gasteiger partial charge in [0.1, 0.15) is 17.3 Å². The second-order valence-corrected chi connectivity index (χ2v) is 4.71. The number of halogens is 3. The molecule has 0 fully saturated rings. The summed E-state index contributed by atoms with van der Waals surface area (Å²) in [5, 5.41) is 12.2. The summed E-state index contributed by atoms with van der Waals surface area (Å²) in [4.78, 5) is 14.4. The molecule has 21 heavy (non-hydrogen) atoms. The van der Waals surface area contributed by atoms with E-state index in [9.17, 15) is 13.6 Å². The molecule has 1 aromatic carbocycles. The van der Waals surface area contributed by atoms with Gasteiger partial charge in [0.05, 0.1) is 4.47 Å². The van der Waals surface area contributed by atoms with Gasteiger partial charge in [-0.05, 0) is 40.2 Å². The summed E-state index contributed by atoms with van der Waals surface area (Å²) in [7, 11) is 0. The molecule has 1 aromatic heterocycles. The molecule has 2 rings (SSSR count). The van der Waals surface area contributed by atoms with Gasteiger partial charge in [-0.2, -0.15) is 5.10 Å². The van der Waals surface area contributed by atoms with Crippen LogP contribution in [0.25, 0.3) is 0 Å². The van der Waals surface area contributed by atoms with Gasteiger partial charge in [-0.25, -0.2) is 19.0 Å². The topological polar surface area (TPSA) is 74.6 Å². The van der Waals surface area contributed by atoms with Crippen LogP contribution in [-0.2, 0) is 0 Å². The molecule has 5 nitrogen and oxygen atoms in total. The Hall–Kier alpha value is -2.35. The molecule has 1 heterocycles. The summed E-state index contributed by atoms with van der Waals surface area (Å²) in [5.74, 6) is -1.44. The van der Waals surface area contributed by atoms with Crippen LogP contribution in [0.5, 0.6) is 0 Å². The molecule has 0 unspecified atom stereocenters. The Bertz CT molecular complexity index is 708. The van der Waals surface area contributed by atoms with Gasteiger partial charge in [0.15, 0.2) is 0 Å². The van der Waals surface area contributed by atoms with Crippen LogP contribution in [0, 0.1) is 11.6 Å². The largest absolute Gasteiger partial charge is 0.464 e. The highest BCUT2D eigenvalue weighted by Gasteiger charge is 2.16. The highest BCUT2D eigenvalue weighted by atomic mass is 79.9. The first-order valence-corrected chi connectivity index (χ1v) is 6.40. The quantitative estimate of drug-likeness (QED) is 0.504. The van der Waals surface area contributed by atoms with Crippen molar-refractivity contribution in [1.29, 1.82) is 0 Å². The van der Waals surface area contributed by atoms with E-state index in [2.05, 4.69) is 26.0 Å². The molecule has 0 radical (unpaired) electrons. The first-order valence-electron chi connectivity index (χ1n) is 5.61. The van der Waals surface area contributed by atoms with Crippen LogP contribution in [0.15, 0.2) is 46.2 Å². The predicted octanol–water partition coefficient (Wildman–Crippen LogP) is 3.14. The van der Waals surface area contributed by atoms with Gasteiger partial charge in [-0.1, -0.05) is 0 Å². The molecular formula is C13H8BrF2N3O2. The molecule has 0 saturated heterocycles. The standard InChI is InChI=1S/C13H8BrF2N3O2/c14-9-6-10(15)8(5-11(9)16)12(18-19-13(20)21)7-1-3-17-4-2-7/h1-6,19H,(H,20,21). The van der Waals surface area contributed by atoms with Crippen molar-refractivity contribution in [3.8, 4) is 0 Å². The molecule has 1 amide bonds. The fraction of sp³-hybridized carbons (Fsp3) is 0.